The fraction of sp³-hybridized carbons (Fsp3) is 0.400. The third-order valence-electron chi connectivity index (χ3n) is 1.95. The lowest BCUT2D eigenvalue weighted by Gasteiger charge is -2.05. The molecule has 0 saturated carbocycles. The molecule has 18 heavy (non-hydrogen) atoms. The summed E-state index contributed by atoms with van der Waals surface area (Å²) in [5.41, 5.74) is 5.09. The van der Waals surface area contributed by atoms with E-state index in [9.17, 15) is 9.59 Å². The normalized spacial score (nSPS) is 9.44. The van der Waals surface area contributed by atoms with Crippen LogP contribution in [0.4, 0.5) is 0 Å². The molecule has 4 N–H and O–H groups in total. The maximum Gasteiger partial charge on any atom is 0.239 e. The van der Waals surface area contributed by atoms with Crippen LogP contribution in [0, 0.1) is 0 Å². The molecule has 0 spiro atoms. The van der Waals surface area contributed by atoms with Crippen LogP contribution in [0.3, 0.4) is 0 Å². The van der Waals surface area contributed by atoms with Gasteiger partial charge in [-0.05, 0) is 34.5 Å². The molecule has 0 fully saturated rings. The van der Waals surface area contributed by atoms with Crippen LogP contribution in [-0.4, -0.2) is 31.4 Å². The van der Waals surface area contributed by atoms with E-state index in [-0.39, 0.29) is 37.3 Å². The molecule has 2 amide bonds. The number of nitrogens with one attached hydrogen (secondary N) is 2. The molecule has 0 unspecified atom stereocenters. The minimum Gasteiger partial charge on any atom is -0.354 e. The predicted molar refractivity (Wildman–Crippen MR) is 78.0 cm³/mol. The maximum atomic E-state index is 11.3. The topological polar surface area (TPSA) is 84.2 Å². The molecule has 0 aliphatic rings. The molecule has 0 aliphatic carbocycles. The first-order valence-electron chi connectivity index (χ1n) is 5.09. The standard InChI is InChI=1S/C10H14BrN3O2S.ClH/c11-8-2-1-7(17-8)3-4-13-10(16)6-14-9(15)5-12;/h1-2H,3-6,12H2,(H,13,16)(H,14,15);1H. The number of thiophene rings is 1. The van der Waals surface area contributed by atoms with Gasteiger partial charge in [0.1, 0.15) is 0 Å². The first-order chi connectivity index (χ1) is 8.11. The molecule has 0 bridgehead atoms. The number of rotatable bonds is 6. The van der Waals surface area contributed by atoms with Gasteiger partial charge in [-0.3, -0.25) is 9.59 Å². The van der Waals surface area contributed by atoms with Crippen LogP contribution in [0.5, 0.6) is 0 Å². The Labute approximate surface area is 124 Å². The molecule has 0 atom stereocenters. The Morgan fingerprint density at radius 2 is 2.00 bits per heavy atom. The summed E-state index contributed by atoms with van der Waals surface area (Å²) in [4.78, 5) is 23.3. The minimum atomic E-state index is -0.331. The lowest BCUT2D eigenvalue weighted by molar-refractivity contribution is -0.125. The molecule has 5 nitrogen and oxygen atoms in total. The van der Waals surface area contributed by atoms with Crippen molar-refractivity contribution in [1.29, 1.82) is 0 Å². The van der Waals surface area contributed by atoms with Gasteiger partial charge in [-0.15, -0.1) is 23.7 Å². The fourth-order valence-electron chi connectivity index (χ4n) is 1.12. The summed E-state index contributed by atoms with van der Waals surface area (Å²) in [7, 11) is 0. The lowest BCUT2D eigenvalue weighted by Crippen LogP contribution is -2.39. The summed E-state index contributed by atoms with van der Waals surface area (Å²) in [6.07, 6.45) is 0.785. The molecule has 0 aliphatic heterocycles. The lowest BCUT2D eigenvalue weighted by atomic mass is 10.3. The van der Waals surface area contributed by atoms with E-state index < -0.39 is 0 Å². The number of halogens is 2. The summed E-state index contributed by atoms with van der Waals surface area (Å²) < 4.78 is 1.08. The van der Waals surface area contributed by atoms with Crippen LogP contribution in [0.1, 0.15) is 4.88 Å². The van der Waals surface area contributed by atoms with Crippen LogP contribution in [0.15, 0.2) is 15.9 Å². The highest BCUT2D eigenvalue weighted by Gasteiger charge is 2.03. The molecule has 0 radical (unpaired) electrons. The second-order valence-electron chi connectivity index (χ2n) is 3.29. The highest BCUT2D eigenvalue weighted by atomic mass is 79.9. The predicted octanol–water partition coefficient (Wildman–Crippen LogP) is 0.666. The Morgan fingerprint density at radius 1 is 1.28 bits per heavy atom. The van der Waals surface area contributed by atoms with E-state index in [4.69, 9.17) is 5.73 Å². The Bertz CT molecular complexity index is 400. The van der Waals surface area contributed by atoms with E-state index in [0.717, 1.165) is 10.2 Å². The second kappa shape index (κ2) is 9.32. The van der Waals surface area contributed by atoms with Gasteiger partial charge in [0.05, 0.1) is 16.9 Å². The Hall–Kier alpha value is -0.630. The molecule has 1 aromatic rings. The molecule has 0 saturated heterocycles. The second-order valence-corrected chi connectivity index (χ2v) is 5.83. The number of carbonyl (C=O) groups is 2. The Balaban J connectivity index is 0.00000289. The summed E-state index contributed by atoms with van der Waals surface area (Å²) >= 11 is 5.01. The molecule has 0 aromatic carbocycles. The third-order valence-corrected chi connectivity index (χ3v) is 3.64. The van der Waals surface area contributed by atoms with Crippen molar-refractivity contribution >= 4 is 51.5 Å². The van der Waals surface area contributed by atoms with Gasteiger partial charge in [0, 0.05) is 11.4 Å². The number of amides is 2. The summed E-state index contributed by atoms with van der Waals surface area (Å²) in [5.74, 6) is -0.537. The van der Waals surface area contributed by atoms with Gasteiger partial charge in [0.25, 0.3) is 0 Å². The SMILES string of the molecule is Cl.NCC(=O)NCC(=O)NCCc1ccc(Br)s1. The third kappa shape index (κ3) is 6.95. The van der Waals surface area contributed by atoms with Crippen LogP contribution >= 0.6 is 39.7 Å². The highest BCUT2D eigenvalue weighted by molar-refractivity contribution is 9.11. The van der Waals surface area contributed by atoms with E-state index in [1.165, 1.54) is 4.88 Å². The van der Waals surface area contributed by atoms with Crippen molar-refractivity contribution in [2.75, 3.05) is 19.6 Å². The van der Waals surface area contributed by atoms with Crippen molar-refractivity contribution in [3.63, 3.8) is 0 Å². The molecule has 1 aromatic heterocycles. The summed E-state index contributed by atoms with van der Waals surface area (Å²) in [6.45, 7) is 0.435. The van der Waals surface area contributed by atoms with Crippen LogP contribution < -0.4 is 16.4 Å². The zero-order valence-corrected chi connectivity index (χ0v) is 12.8. The van der Waals surface area contributed by atoms with Crippen LogP contribution in [0.25, 0.3) is 0 Å². The quantitative estimate of drug-likeness (QED) is 0.700. The number of hydrogen-bond donors (Lipinski definition) is 3. The first-order valence-corrected chi connectivity index (χ1v) is 6.70. The zero-order chi connectivity index (χ0) is 12.7. The zero-order valence-electron chi connectivity index (χ0n) is 9.57. The van der Waals surface area contributed by atoms with E-state index in [1.807, 2.05) is 12.1 Å². The number of hydrogen-bond acceptors (Lipinski definition) is 4. The average molecular weight is 357 g/mol. The number of nitrogens with two attached hydrogens (primary N) is 1. The van der Waals surface area contributed by atoms with Gasteiger partial charge in [-0.25, -0.2) is 0 Å². The van der Waals surface area contributed by atoms with Gasteiger partial charge < -0.3 is 16.4 Å². The van der Waals surface area contributed by atoms with E-state index in [2.05, 4.69) is 26.6 Å². The van der Waals surface area contributed by atoms with Gasteiger partial charge in [0.15, 0.2) is 0 Å². The van der Waals surface area contributed by atoms with Crippen molar-refractivity contribution in [2.24, 2.45) is 5.73 Å². The van der Waals surface area contributed by atoms with E-state index >= 15 is 0 Å². The van der Waals surface area contributed by atoms with Crippen molar-refractivity contribution in [2.45, 2.75) is 6.42 Å². The first kappa shape index (κ1) is 17.4. The van der Waals surface area contributed by atoms with Crippen LogP contribution in [0.2, 0.25) is 0 Å². The monoisotopic (exact) mass is 355 g/mol. The van der Waals surface area contributed by atoms with Gasteiger partial charge >= 0.3 is 0 Å². The summed E-state index contributed by atoms with van der Waals surface area (Å²) in [6, 6.07) is 3.99. The maximum absolute atomic E-state index is 11.3. The summed E-state index contributed by atoms with van der Waals surface area (Å²) in [5, 5.41) is 5.12. The minimum absolute atomic E-state index is 0. The van der Waals surface area contributed by atoms with Gasteiger partial charge in [0.2, 0.25) is 11.8 Å². The fourth-order valence-corrected chi connectivity index (χ4v) is 2.61. The van der Waals surface area contributed by atoms with E-state index in [0.29, 0.717) is 6.54 Å². The molecule has 1 rings (SSSR count). The van der Waals surface area contributed by atoms with Crippen molar-refractivity contribution in [3.05, 3.63) is 20.8 Å². The van der Waals surface area contributed by atoms with Gasteiger partial charge in [-0.1, -0.05) is 0 Å². The molecular weight excluding hydrogens is 342 g/mol. The number of carbonyl (C=O) groups excluding carboxylic acids is 2. The van der Waals surface area contributed by atoms with E-state index in [1.54, 1.807) is 11.3 Å². The van der Waals surface area contributed by atoms with Gasteiger partial charge in [-0.2, -0.15) is 0 Å². The molecule has 102 valence electrons. The highest BCUT2D eigenvalue weighted by Crippen LogP contribution is 2.21. The average Bonchev–Trinajstić information content (AvgIpc) is 2.72. The largest absolute Gasteiger partial charge is 0.354 e. The Morgan fingerprint density at radius 3 is 2.56 bits per heavy atom. The Kier molecular flexibility index (Phi) is 8.99. The van der Waals surface area contributed by atoms with Crippen molar-refractivity contribution in [3.8, 4) is 0 Å². The molecule has 8 heteroatoms. The molecule has 1 heterocycles. The molecular formula is C10H15BrClN3O2S. The van der Waals surface area contributed by atoms with Crippen LogP contribution in [-0.2, 0) is 16.0 Å². The van der Waals surface area contributed by atoms with Crippen molar-refractivity contribution in [1.82, 2.24) is 10.6 Å². The van der Waals surface area contributed by atoms with Crippen molar-refractivity contribution < 1.29 is 9.59 Å². The smallest absolute Gasteiger partial charge is 0.239 e.